The normalized spacial score (nSPS) is 48.7. The number of ether oxygens (including phenoxy) is 2. The van der Waals surface area contributed by atoms with E-state index in [1.165, 1.54) is 0 Å². The molecule has 2 saturated heterocycles. The van der Waals surface area contributed by atoms with Gasteiger partial charge in [-0.3, -0.25) is 0 Å². The van der Waals surface area contributed by atoms with Crippen LogP contribution in [-0.2, 0) is 9.47 Å². The summed E-state index contributed by atoms with van der Waals surface area (Å²) in [6.07, 6.45) is -3.54. The lowest BCUT2D eigenvalue weighted by Crippen LogP contribution is -2.61. The predicted octanol–water partition coefficient (Wildman–Crippen LogP) is -1.50. The van der Waals surface area contributed by atoms with Crippen LogP contribution in [0.3, 0.4) is 0 Å². The van der Waals surface area contributed by atoms with Gasteiger partial charge in [0.05, 0.1) is 19.3 Å². The summed E-state index contributed by atoms with van der Waals surface area (Å²) in [4.78, 5) is 2.54. The molecule has 0 aromatic carbocycles. The first kappa shape index (κ1) is 10.6. The fourth-order valence-electron chi connectivity index (χ4n) is 1.86. The van der Waals surface area contributed by atoms with Crippen LogP contribution in [0.5, 0.6) is 0 Å². The summed E-state index contributed by atoms with van der Waals surface area (Å²) in [6.45, 7) is -0.505. The molecule has 0 aromatic rings. The molecule has 0 spiro atoms. The lowest BCUT2D eigenvalue weighted by molar-refractivity contribution is -0.228. The number of azide groups is 1. The van der Waals surface area contributed by atoms with Crippen LogP contribution in [0, 0.1) is 0 Å². The van der Waals surface area contributed by atoms with E-state index in [0.717, 1.165) is 0 Å². The van der Waals surface area contributed by atoms with Crippen molar-refractivity contribution in [3.63, 3.8) is 0 Å². The minimum absolute atomic E-state index is 0.0379. The summed E-state index contributed by atoms with van der Waals surface area (Å²) in [7, 11) is 0. The molecule has 0 aliphatic carbocycles. The van der Waals surface area contributed by atoms with Gasteiger partial charge in [0.2, 0.25) is 0 Å². The van der Waals surface area contributed by atoms with Gasteiger partial charge >= 0.3 is 0 Å². The second-order valence-corrected chi connectivity index (χ2v) is 3.65. The number of rotatable bonds is 2. The third kappa shape index (κ3) is 1.39. The molecule has 15 heavy (non-hydrogen) atoms. The van der Waals surface area contributed by atoms with Crippen LogP contribution in [0.4, 0.5) is 0 Å². The second kappa shape index (κ2) is 3.60. The van der Waals surface area contributed by atoms with Crippen LogP contribution in [-0.4, -0.2) is 58.7 Å². The molecule has 2 heterocycles. The van der Waals surface area contributed by atoms with Crippen molar-refractivity contribution in [1.82, 2.24) is 0 Å². The smallest absolute Gasteiger partial charge is 0.169 e. The van der Waals surface area contributed by atoms with Gasteiger partial charge in [-0.15, -0.1) is 0 Å². The number of aliphatic hydroxyl groups excluding tert-OH is 3. The van der Waals surface area contributed by atoms with E-state index in [4.69, 9.17) is 20.1 Å². The predicted molar refractivity (Wildman–Crippen MR) is 45.6 cm³/mol. The standard InChI is InChI=1S/C7H11N3O5/c8-10-9-3-4(12)5(13)7(1-11)2-14-6(3)15-7/h3-6,11-13H,1-2H2. The van der Waals surface area contributed by atoms with Crippen molar-refractivity contribution in [2.24, 2.45) is 5.11 Å². The highest BCUT2D eigenvalue weighted by atomic mass is 16.7. The zero-order valence-corrected chi connectivity index (χ0v) is 7.72. The SMILES string of the molecule is [N-]=[N+]=NC1C2OCC(CO)(O2)C(O)C1O. The monoisotopic (exact) mass is 217 g/mol. The third-order valence-electron chi connectivity index (χ3n) is 2.79. The minimum Gasteiger partial charge on any atom is -0.393 e. The topological polar surface area (TPSA) is 128 Å². The molecule has 2 aliphatic rings. The van der Waals surface area contributed by atoms with E-state index in [9.17, 15) is 10.2 Å². The van der Waals surface area contributed by atoms with E-state index in [1.807, 2.05) is 0 Å². The quantitative estimate of drug-likeness (QED) is 0.295. The largest absolute Gasteiger partial charge is 0.393 e. The molecule has 5 atom stereocenters. The van der Waals surface area contributed by atoms with E-state index in [1.54, 1.807) is 0 Å². The van der Waals surface area contributed by atoms with Gasteiger partial charge in [0.1, 0.15) is 17.7 Å². The van der Waals surface area contributed by atoms with Crippen molar-refractivity contribution < 1.29 is 24.8 Å². The average Bonchev–Trinajstić information content (AvgIpc) is 2.65. The van der Waals surface area contributed by atoms with Crippen molar-refractivity contribution in [3.8, 4) is 0 Å². The molecular formula is C7H11N3O5. The van der Waals surface area contributed by atoms with E-state index in [2.05, 4.69) is 10.0 Å². The molecule has 5 unspecified atom stereocenters. The highest BCUT2D eigenvalue weighted by Gasteiger charge is 2.58. The van der Waals surface area contributed by atoms with Gasteiger partial charge in [-0.05, 0) is 5.53 Å². The van der Waals surface area contributed by atoms with Crippen molar-refractivity contribution in [3.05, 3.63) is 10.4 Å². The first-order valence-electron chi connectivity index (χ1n) is 4.45. The summed E-state index contributed by atoms with van der Waals surface area (Å²) < 4.78 is 10.3. The first-order valence-corrected chi connectivity index (χ1v) is 4.45. The molecule has 8 nitrogen and oxygen atoms in total. The maximum atomic E-state index is 9.71. The Bertz CT molecular complexity index is 307. The maximum absolute atomic E-state index is 9.71. The molecule has 84 valence electrons. The Hall–Kier alpha value is -0.890. The fourth-order valence-corrected chi connectivity index (χ4v) is 1.86. The molecule has 0 saturated carbocycles. The minimum atomic E-state index is -1.34. The Balaban J connectivity index is 2.28. The Labute approximate surface area is 84.7 Å². The Morgan fingerprint density at radius 1 is 1.53 bits per heavy atom. The Kier molecular flexibility index (Phi) is 2.55. The highest BCUT2D eigenvalue weighted by Crippen LogP contribution is 2.37. The van der Waals surface area contributed by atoms with Crippen molar-refractivity contribution >= 4 is 0 Å². The highest BCUT2D eigenvalue weighted by molar-refractivity contribution is 5.05. The summed E-state index contributed by atoms with van der Waals surface area (Å²) in [5.74, 6) is 0. The van der Waals surface area contributed by atoms with Crippen LogP contribution in [0.1, 0.15) is 0 Å². The van der Waals surface area contributed by atoms with E-state index in [0.29, 0.717) is 0 Å². The molecule has 0 amide bonds. The summed E-state index contributed by atoms with van der Waals surface area (Å²) in [5, 5.41) is 31.8. The molecule has 0 aromatic heterocycles. The van der Waals surface area contributed by atoms with Gasteiger partial charge in [0.25, 0.3) is 0 Å². The molecule has 2 rings (SSSR count). The van der Waals surface area contributed by atoms with E-state index < -0.39 is 36.7 Å². The number of nitrogens with zero attached hydrogens (tertiary/aromatic N) is 3. The van der Waals surface area contributed by atoms with Gasteiger partial charge < -0.3 is 24.8 Å². The molecule has 2 bridgehead atoms. The van der Waals surface area contributed by atoms with Gasteiger partial charge in [0, 0.05) is 4.91 Å². The summed E-state index contributed by atoms with van der Waals surface area (Å²) >= 11 is 0. The average molecular weight is 217 g/mol. The van der Waals surface area contributed by atoms with Gasteiger partial charge in [-0.25, -0.2) is 0 Å². The lowest BCUT2D eigenvalue weighted by Gasteiger charge is -2.40. The molecule has 2 fully saturated rings. The molecule has 2 aliphatic heterocycles. The maximum Gasteiger partial charge on any atom is 0.169 e. The van der Waals surface area contributed by atoms with Crippen molar-refractivity contribution in [2.75, 3.05) is 13.2 Å². The van der Waals surface area contributed by atoms with Crippen molar-refractivity contribution in [2.45, 2.75) is 30.1 Å². The van der Waals surface area contributed by atoms with Crippen LogP contribution in [0.15, 0.2) is 5.11 Å². The zero-order chi connectivity index (χ0) is 11.1. The molecule has 0 radical (unpaired) electrons. The zero-order valence-electron chi connectivity index (χ0n) is 7.72. The van der Waals surface area contributed by atoms with Gasteiger partial charge in [0.15, 0.2) is 6.29 Å². The number of fused-ring (bicyclic) bond motifs is 2. The first-order chi connectivity index (χ1) is 7.14. The van der Waals surface area contributed by atoms with Gasteiger partial charge in [-0.1, -0.05) is 5.11 Å². The number of hydrogen-bond acceptors (Lipinski definition) is 6. The molecular weight excluding hydrogens is 206 g/mol. The Morgan fingerprint density at radius 2 is 2.27 bits per heavy atom. The van der Waals surface area contributed by atoms with Crippen molar-refractivity contribution in [1.29, 1.82) is 0 Å². The molecule has 3 N–H and O–H groups in total. The third-order valence-corrected chi connectivity index (χ3v) is 2.79. The Morgan fingerprint density at radius 3 is 2.87 bits per heavy atom. The second-order valence-electron chi connectivity index (χ2n) is 3.65. The van der Waals surface area contributed by atoms with Gasteiger partial charge in [-0.2, -0.15) is 0 Å². The van der Waals surface area contributed by atoms with Crippen LogP contribution < -0.4 is 0 Å². The van der Waals surface area contributed by atoms with Crippen LogP contribution in [0.25, 0.3) is 10.4 Å². The number of aliphatic hydroxyl groups is 3. The van der Waals surface area contributed by atoms with E-state index in [-0.39, 0.29) is 6.61 Å². The summed E-state index contributed by atoms with van der Waals surface area (Å²) in [5.41, 5.74) is 6.98. The number of hydrogen-bond donors (Lipinski definition) is 3. The lowest BCUT2D eigenvalue weighted by atomic mass is 9.89. The van der Waals surface area contributed by atoms with Crippen LogP contribution in [0.2, 0.25) is 0 Å². The van der Waals surface area contributed by atoms with Crippen LogP contribution >= 0.6 is 0 Å². The van der Waals surface area contributed by atoms with E-state index >= 15 is 0 Å². The molecule has 8 heteroatoms. The fraction of sp³-hybridized carbons (Fsp3) is 1.00. The summed E-state index contributed by atoms with van der Waals surface area (Å²) in [6, 6.07) is -0.993.